The number of rotatable bonds is 42. The van der Waals surface area contributed by atoms with Gasteiger partial charge in [-0.1, -0.05) is 199 Å². The van der Waals surface area contributed by atoms with Crippen LogP contribution in [0.1, 0.15) is 226 Å². The van der Waals surface area contributed by atoms with Gasteiger partial charge in [0.05, 0.1) is 25.4 Å². The van der Waals surface area contributed by atoms with Crippen LogP contribution in [0.3, 0.4) is 0 Å². The Morgan fingerprint density at radius 3 is 1.43 bits per heavy atom. The normalized spacial score (nSPS) is 21.6. The van der Waals surface area contributed by atoms with Gasteiger partial charge in [0.1, 0.15) is 36.6 Å². The highest BCUT2D eigenvalue weighted by atomic mass is 16.7. The quantitative estimate of drug-likeness (QED) is 0.0218. The minimum atomic E-state index is -1.66. The summed E-state index contributed by atoms with van der Waals surface area (Å²) in [6.45, 7) is 3.43. The Labute approximate surface area is 366 Å². The number of amides is 1. The van der Waals surface area contributed by atoms with Gasteiger partial charge in [-0.3, -0.25) is 4.79 Å². The highest BCUT2D eigenvalue weighted by Gasteiger charge is 2.44. The number of unbranched alkanes of at least 4 members (excludes halogenated alkanes) is 28. The fourth-order valence-electron chi connectivity index (χ4n) is 8.15. The fourth-order valence-corrected chi connectivity index (χ4v) is 8.15. The molecule has 1 heterocycles. The third-order valence-electron chi connectivity index (χ3n) is 12.3. The van der Waals surface area contributed by atoms with E-state index in [1.165, 1.54) is 148 Å². The number of hydrogen-bond acceptors (Lipinski definition) is 10. The van der Waals surface area contributed by atoms with Crippen LogP contribution >= 0.6 is 0 Å². The minimum absolute atomic E-state index is 0.259. The summed E-state index contributed by atoms with van der Waals surface area (Å²) in [5, 5.41) is 75.7. The molecule has 1 aliphatic heterocycles. The second-order valence-corrected chi connectivity index (χ2v) is 17.9. The number of hydrogen-bond donors (Lipinski definition) is 8. The number of ether oxygens (including phenoxy) is 2. The van der Waals surface area contributed by atoms with E-state index < -0.39 is 74.2 Å². The molecule has 0 saturated carbocycles. The summed E-state index contributed by atoms with van der Waals surface area (Å²) < 4.78 is 11.1. The summed E-state index contributed by atoms with van der Waals surface area (Å²) >= 11 is 0. The van der Waals surface area contributed by atoms with Crippen LogP contribution in [0.4, 0.5) is 0 Å². The lowest BCUT2D eigenvalue weighted by Gasteiger charge is -2.40. The molecular weight excluding hydrogens is 763 g/mol. The van der Waals surface area contributed by atoms with Gasteiger partial charge in [-0.05, 0) is 38.5 Å². The van der Waals surface area contributed by atoms with Crippen molar-refractivity contribution in [3.8, 4) is 0 Å². The monoisotopic (exact) mass is 858 g/mol. The predicted molar refractivity (Wildman–Crippen MR) is 243 cm³/mol. The van der Waals surface area contributed by atoms with Crippen LogP contribution < -0.4 is 5.32 Å². The zero-order chi connectivity index (χ0) is 44.1. The molecule has 0 radical (unpaired) electrons. The Hall–Kier alpha value is -1.15. The number of carbonyl (C=O) groups is 1. The summed E-state index contributed by atoms with van der Waals surface area (Å²) in [7, 11) is 0. The van der Waals surface area contributed by atoms with Gasteiger partial charge in [0.2, 0.25) is 5.91 Å². The first-order chi connectivity index (χ1) is 29.2. The van der Waals surface area contributed by atoms with Crippen LogP contribution in [0.5, 0.6) is 0 Å². The molecule has 356 valence electrons. The van der Waals surface area contributed by atoms with Crippen molar-refractivity contribution in [2.45, 2.75) is 281 Å². The maximum atomic E-state index is 13.1. The van der Waals surface area contributed by atoms with E-state index in [0.717, 1.165) is 38.5 Å². The Balaban J connectivity index is 2.37. The van der Waals surface area contributed by atoms with E-state index in [1.807, 2.05) is 0 Å². The average molecular weight is 858 g/mol. The van der Waals surface area contributed by atoms with E-state index in [2.05, 4.69) is 31.3 Å². The third-order valence-corrected chi connectivity index (χ3v) is 12.3. The SMILES string of the molecule is CCCCCCCCC/C=C/CCC[C@@H](O)[C@@H](O)[C@H](CO[C@@H]1O[C@H](CO)[C@@H](O)[C@H](O)[C@H]1O)NC(=O)[C@H](O)CCCCCCCCCCCCCCCCCCCCCCC. The molecule has 9 atom stereocenters. The number of aliphatic hydroxyl groups excluding tert-OH is 7. The first kappa shape index (κ1) is 56.9. The number of carbonyl (C=O) groups excluding carboxylic acids is 1. The zero-order valence-electron chi connectivity index (χ0n) is 38.5. The molecule has 0 unspecified atom stereocenters. The van der Waals surface area contributed by atoms with Crippen molar-refractivity contribution in [2.24, 2.45) is 0 Å². The van der Waals surface area contributed by atoms with Gasteiger partial charge in [-0.25, -0.2) is 0 Å². The Kier molecular flexibility index (Phi) is 37.4. The summed E-state index contributed by atoms with van der Waals surface area (Å²) in [5.74, 6) is -0.704. The molecule has 0 aromatic carbocycles. The summed E-state index contributed by atoms with van der Waals surface area (Å²) in [6, 6.07) is -1.18. The van der Waals surface area contributed by atoms with Crippen LogP contribution in [-0.4, -0.2) is 110 Å². The lowest BCUT2D eigenvalue weighted by atomic mass is 9.98. The summed E-state index contributed by atoms with van der Waals surface area (Å²) in [6.07, 6.45) is 31.3. The van der Waals surface area contributed by atoms with Crippen molar-refractivity contribution in [3.63, 3.8) is 0 Å². The highest BCUT2D eigenvalue weighted by molar-refractivity contribution is 5.80. The maximum absolute atomic E-state index is 13.1. The average Bonchev–Trinajstić information content (AvgIpc) is 3.25. The molecule has 1 fully saturated rings. The molecule has 60 heavy (non-hydrogen) atoms. The van der Waals surface area contributed by atoms with Gasteiger partial charge in [0.15, 0.2) is 6.29 Å². The number of nitrogens with one attached hydrogen (secondary N) is 1. The van der Waals surface area contributed by atoms with Gasteiger partial charge in [-0.2, -0.15) is 0 Å². The molecular formula is C49H95NO10. The zero-order valence-corrected chi connectivity index (χ0v) is 38.5. The Bertz CT molecular complexity index is 986. The largest absolute Gasteiger partial charge is 0.394 e. The van der Waals surface area contributed by atoms with Crippen molar-refractivity contribution in [1.29, 1.82) is 0 Å². The van der Waals surface area contributed by atoms with Crippen molar-refractivity contribution < 1.29 is 50.0 Å². The van der Waals surface area contributed by atoms with Gasteiger partial charge in [-0.15, -0.1) is 0 Å². The second kappa shape index (κ2) is 39.4. The molecule has 1 saturated heterocycles. The van der Waals surface area contributed by atoms with Crippen LogP contribution in [-0.2, 0) is 14.3 Å². The lowest BCUT2D eigenvalue weighted by molar-refractivity contribution is -0.303. The van der Waals surface area contributed by atoms with E-state index in [-0.39, 0.29) is 12.8 Å². The maximum Gasteiger partial charge on any atom is 0.249 e. The van der Waals surface area contributed by atoms with Crippen molar-refractivity contribution in [1.82, 2.24) is 5.32 Å². The Morgan fingerprint density at radius 2 is 0.983 bits per heavy atom. The first-order valence-corrected chi connectivity index (χ1v) is 25.1. The molecule has 0 spiro atoms. The van der Waals surface area contributed by atoms with E-state index in [0.29, 0.717) is 12.8 Å². The molecule has 0 bridgehead atoms. The van der Waals surface area contributed by atoms with E-state index in [9.17, 15) is 40.5 Å². The van der Waals surface area contributed by atoms with Crippen LogP contribution in [0.15, 0.2) is 12.2 Å². The smallest absolute Gasteiger partial charge is 0.249 e. The van der Waals surface area contributed by atoms with E-state index >= 15 is 0 Å². The highest BCUT2D eigenvalue weighted by Crippen LogP contribution is 2.23. The summed E-state index contributed by atoms with van der Waals surface area (Å²) in [4.78, 5) is 13.1. The van der Waals surface area contributed by atoms with Crippen LogP contribution in [0.2, 0.25) is 0 Å². The molecule has 1 amide bonds. The minimum Gasteiger partial charge on any atom is -0.394 e. The topological polar surface area (TPSA) is 189 Å². The van der Waals surface area contributed by atoms with Gasteiger partial charge < -0.3 is 50.5 Å². The predicted octanol–water partition coefficient (Wildman–Crippen LogP) is 8.84. The molecule has 1 rings (SSSR count). The standard InChI is InChI=1S/C49H95NO10/c1-3-5-7-9-11-13-15-17-18-19-20-21-22-23-24-25-27-29-31-33-35-37-42(53)48(58)50-40(39-59-49-47(57)46(56)45(55)43(38-51)60-49)44(54)41(52)36-34-32-30-28-26-16-14-12-10-8-6-4-2/h28,30,40-47,49,51-57H,3-27,29,31-39H2,1-2H3,(H,50,58)/b30-28+/t40-,41+,42+,43+,44-,45+,46-,47+,49+/m0/s1. The Morgan fingerprint density at radius 1 is 0.567 bits per heavy atom. The molecule has 8 N–H and O–H groups in total. The van der Waals surface area contributed by atoms with Crippen molar-refractivity contribution in [3.05, 3.63) is 12.2 Å². The van der Waals surface area contributed by atoms with E-state index in [1.54, 1.807) is 0 Å². The molecule has 11 nitrogen and oxygen atoms in total. The first-order valence-electron chi connectivity index (χ1n) is 25.1. The fraction of sp³-hybridized carbons (Fsp3) is 0.939. The number of aliphatic hydroxyl groups is 7. The second-order valence-electron chi connectivity index (χ2n) is 17.9. The molecule has 0 aliphatic carbocycles. The molecule has 1 aliphatic rings. The molecule has 0 aromatic heterocycles. The molecule has 0 aromatic rings. The van der Waals surface area contributed by atoms with Gasteiger partial charge >= 0.3 is 0 Å². The summed E-state index contributed by atoms with van der Waals surface area (Å²) in [5.41, 5.74) is 0. The van der Waals surface area contributed by atoms with Crippen LogP contribution in [0.25, 0.3) is 0 Å². The third kappa shape index (κ3) is 28.5. The number of allylic oxidation sites excluding steroid dienone is 2. The van der Waals surface area contributed by atoms with Crippen molar-refractivity contribution in [2.75, 3.05) is 13.2 Å². The van der Waals surface area contributed by atoms with E-state index in [4.69, 9.17) is 9.47 Å². The van der Waals surface area contributed by atoms with Crippen molar-refractivity contribution >= 4 is 5.91 Å². The van der Waals surface area contributed by atoms with Gasteiger partial charge in [0.25, 0.3) is 0 Å². The molecule has 11 heteroatoms. The van der Waals surface area contributed by atoms with Crippen LogP contribution in [0, 0.1) is 0 Å². The van der Waals surface area contributed by atoms with Gasteiger partial charge in [0, 0.05) is 0 Å². The lowest BCUT2D eigenvalue weighted by Crippen LogP contribution is -2.60.